The molecule has 0 bridgehead atoms. The second kappa shape index (κ2) is 6.74. The summed E-state index contributed by atoms with van der Waals surface area (Å²) >= 11 is 0. The number of hydrogen-bond acceptors (Lipinski definition) is 5. The lowest BCUT2D eigenvalue weighted by Gasteiger charge is -2.11. The molecule has 0 saturated carbocycles. The second-order valence-corrected chi connectivity index (χ2v) is 6.72. The lowest BCUT2D eigenvalue weighted by Crippen LogP contribution is -2.12. The third-order valence-corrected chi connectivity index (χ3v) is 4.71. The van der Waals surface area contributed by atoms with Crippen LogP contribution in [0.3, 0.4) is 0 Å². The van der Waals surface area contributed by atoms with Crippen LogP contribution in [0, 0.1) is 13.8 Å². The summed E-state index contributed by atoms with van der Waals surface area (Å²) < 4.78 is 7.24. The molecule has 0 saturated heterocycles. The molecule has 0 radical (unpaired) electrons. The minimum atomic E-state index is -0.314. The lowest BCUT2D eigenvalue weighted by atomic mass is 10.1. The van der Waals surface area contributed by atoms with Gasteiger partial charge in [0.15, 0.2) is 5.82 Å². The van der Waals surface area contributed by atoms with E-state index in [0.29, 0.717) is 5.69 Å². The topological polar surface area (TPSA) is 85.8 Å². The smallest absolute Gasteiger partial charge is 0.294 e. The van der Waals surface area contributed by atoms with Crippen LogP contribution in [0.5, 0.6) is 0 Å². The van der Waals surface area contributed by atoms with Gasteiger partial charge in [0.1, 0.15) is 5.82 Å². The fourth-order valence-electron chi connectivity index (χ4n) is 3.25. The molecule has 0 fully saturated rings. The van der Waals surface area contributed by atoms with Crippen molar-refractivity contribution in [1.29, 1.82) is 0 Å². The van der Waals surface area contributed by atoms with Gasteiger partial charge in [0, 0.05) is 30.3 Å². The summed E-state index contributed by atoms with van der Waals surface area (Å²) in [6.07, 6.45) is 4.48. The summed E-state index contributed by atoms with van der Waals surface area (Å²) in [4.78, 5) is 12.4. The highest BCUT2D eigenvalue weighted by Gasteiger charge is 2.18. The van der Waals surface area contributed by atoms with E-state index in [2.05, 4.69) is 25.2 Å². The van der Waals surface area contributed by atoms with Gasteiger partial charge in [-0.3, -0.25) is 4.79 Å². The highest BCUT2D eigenvalue weighted by molar-refractivity contribution is 6.02. The summed E-state index contributed by atoms with van der Waals surface area (Å²) in [6.45, 7) is 4.67. The molecule has 3 heterocycles. The Bertz CT molecular complexity index is 957. The number of aromatic nitrogens is 4. The van der Waals surface area contributed by atoms with Crippen molar-refractivity contribution in [1.82, 2.24) is 19.9 Å². The van der Waals surface area contributed by atoms with Gasteiger partial charge in [-0.2, -0.15) is 0 Å². The molecule has 7 heteroatoms. The standard InChI is InChI=1S/C19H21N5O2/c1-12-7-8-14(18-22-21-17-6-4-3-5-9-24(17)18)11-15(12)20-19(25)16-10-13(2)23-26-16/h7-8,10-11H,3-6,9H2,1-2H3,(H,20,25). The molecule has 0 atom stereocenters. The molecule has 1 N–H and O–H groups in total. The Kier molecular flexibility index (Phi) is 4.28. The van der Waals surface area contributed by atoms with E-state index in [1.165, 1.54) is 6.42 Å². The van der Waals surface area contributed by atoms with Crippen molar-refractivity contribution in [2.45, 2.75) is 46.1 Å². The molecule has 1 amide bonds. The maximum Gasteiger partial charge on any atom is 0.294 e. The molecule has 4 rings (SSSR count). The number of carbonyl (C=O) groups excluding carboxylic acids is 1. The van der Waals surface area contributed by atoms with E-state index in [0.717, 1.165) is 54.3 Å². The zero-order valence-electron chi connectivity index (χ0n) is 15.0. The van der Waals surface area contributed by atoms with Gasteiger partial charge in [0.05, 0.1) is 5.69 Å². The van der Waals surface area contributed by atoms with Crippen molar-refractivity contribution in [3.05, 3.63) is 47.1 Å². The van der Waals surface area contributed by atoms with E-state index in [-0.39, 0.29) is 11.7 Å². The summed E-state index contributed by atoms with van der Waals surface area (Å²) in [5.41, 5.74) is 3.31. The molecule has 7 nitrogen and oxygen atoms in total. The first-order valence-electron chi connectivity index (χ1n) is 8.89. The molecule has 0 spiro atoms. The third-order valence-electron chi connectivity index (χ3n) is 4.71. The maximum absolute atomic E-state index is 12.4. The quantitative estimate of drug-likeness (QED) is 0.780. The largest absolute Gasteiger partial charge is 0.351 e. The van der Waals surface area contributed by atoms with E-state index < -0.39 is 0 Å². The Morgan fingerprint density at radius 2 is 2.04 bits per heavy atom. The Morgan fingerprint density at radius 3 is 2.85 bits per heavy atom. The van der Waals surface area contributed by atoms with Crippen LogP contribution < -0.4 is 5.32 Å². The van der Waals surface area contributed by atoms with Gasteiger partial charge in [-0.05, 0) is 38.3 Å². The minimum absolute atomic E-state index is 0.198. The van der Waals surface area contributed by atoms with Crippen LogP contribution in [0.1, 0.15) is 46.9 Å². The van der Waals surface area contributed by atoms with Crippen molar-refractivity contribution >= 4 is 11.6 Å². The lowest BCUT2D eigenvalue weighted by molar-refractivity contribution is 0.0988. The number of nitrogens with one attached hydrogen (secondary N) is 1. The van der Waals surface area contributed by atoms with E-state index in [1.54, 1.807) is 13.0 Å². The van der Waals surface area contributed by atoms with Gasteiger partial charge in [-0.1, -0.05) is 23.7 Å². The summed E-state index contributed by atoms with van der Waals surface area (Å²) in [6, 6.07) is 7.56. The molecule has 1 aliphatic heterocycles. The molecule has 0 aliphatic carbocycles. The highest BCUT2D eigenvalue weighted by Crippen LogP contribution is 2.27. The van der Waals surface area contributed by atoms with E-state index in [1.807, 2.05) is 25.1 Å². The van der Waals surface area contributed by atoms with Crippen molar-refractivity contribution in [3.8, 4) is 11.4 Å². The highest BCUT2D eigenvalue weighted by atomic mass is 16.5. The van der Waals surface area contributed by atoms with Crippen LogP contribution in [0.2, 0.25) is 0 Å². The summed E-state index contributed by atoms with van der Waals surface area (Å²) in [7, 11) is 0. The van der Waals surface area contributed by atoms with Crippen LogP contribution in [-0.4, -0.2) is 25.8 Å². The molecule has 1 aliphatic rings. The molecule has 26 heavy (non-hydrogen) atoms. The molecule has 1 aromatic carbocycles. The SMILES string of the molecule is Cc1cc(C(=O)Nc2cc(-c3nnc4n3CCCCC4)ccc2C)on1. The molecule has 134 valence electrons. The number of rotatable bonds is 3. The van der Waals surface area contributed by atoms with Gasteiger partial charge in [0.2, 0.25) is 5.76 Å². The fourth-order valence-corrected chi connectivity index (χ4v) is 3.25. The zero-order chi connectivity index (χ0) is 18.1. The van der Waals surface area contributed by atoms with Crippen molar-refractivity contribution in [2.75, 3.05) is 5.32 Å². The number of nitrogens with zero attached hydrogens (tertiary/aromatic N) is 4. The second-order valence-electron chi connectivity index (χ2n) is 6.72. The Morgan fingerprint density at radius 1 is 1.15 bits per heavy atom. The Balaban J connectivity index is 1.64. The van der Waals surface area contributed by atoms with Crippen molar-refractivity contribution < 1.29 is 9.32 Å². The Hall–Kier alpha value is -2.96. The van der Waals surface area contributed by atoms with E-state index in [9.17, 15) is 4.79 Å². The van der Waals surface area contributed by atoms with Gasteiger partial charge >= 0.3 is 0 Å². The summed E-state index contributed by atoms with van der Waals surface area (Å²) in [5, 5.41) is 15.4. The predicted molar refractivity (Wildman–Crippen MR) is 96.9 cm³/mol. The van der Waals surface area contributed by atoms with Crippen LogP contribution >= 0.6 is 0 Å². The molecular weight excluding hydrogens is 330 g/mol. The number of carbonyl (C=O) groups is 1. The van der Waals surface area contributed by atoms with E-state index >= 15 is 0 Å². The normalized spacial score (nSPS) is 13.9. The minimum Gasteiger partial charge on any atom is -0.351 e. The van der Waals surface area contributed by atoms with Gasteiger partial charge in [-0.15, -0.1) is 10.2 Å². The number of anilines is 1. The predicted octanol–water partition coefficient (Wildman–Crippen LogP) is 3.53. The number of amides is 1. The Labute approximate surface area is 151 Å². The average Bonchev–Trinajstić information content (AvgIpc) is 3.17. The number of benzene rings is 1. The third kappa shape index (κ3) is 3.12. The molecule has 0 unspecified atom stereocenters. The molecular formula is C19H21N5O2. The van der Waals surface area contributed by atoms with Crippen LogP contribution in [0.4, 0.5) is 5.69 Å². The maximum atomic E-state index is 12.4. The van der Waals surface area contributed by atoms with Crippen molar-refractivity contribution in [3.63, 3.8) is 0 Å². The number of fused-ring (bicyclic) bond motifs is 1. The van der Waals surface area contributed by atoms with Crippen LogP contribution in [-0.2, 0) is 13.0 Å². The van der Waals surface area contributed by atoms with Crippen molar-refractivity contribution in [2.24, 2.45) is 0 Å². The van der Waals surface area contributed by atoms with E-state index in [4.69, 9.17) is 4.52 Å². The number of hydrogen-bond donors (Lipinski definition) is 1. The van der Waals surface area contributed by atoms with Crippen LogP contribution in [0.15, 0.2) is 28.8 Å². The van der Waals surface area contributed by atoms with Crippen LogP contribution in [0.25, 0.3) is 11.4 Å². The average molecular weight is 351 g/mol. The molecule has 3 aromatic rings. The summed E-state index contributed by atoms with van der Waals surface area (Å²) in [5.74, 6) is 1.78. The van der Waals surface area contributed by atoms with Gasteiger partial charge in [0.25, 0.3) is 5.91 Å². The fraction of sp³-hybridized carbons (Fsp3) is 0.368. The van der Waals surface area contributed by atoms with Gasteiger partial charge in [-0.25, -0.2) is 0 Å². The first-order chi connectivity index (χ1) is 12.6. The van der Waals surface area contributed by atoms with Gasteiger partial charge < -0.3 is 14.4 Å². The zero-order valence-corrected chi connectivity index (χ0v) is 15.0. The molecule has 2 aromatic heterocycles. The first-order valence-corrected chi connectivity index (χ1v) is 8.89. The first kappa shape index (κ1) is 16.5. The number of aryl methyl sites for hydroxylation is 3. The monoisotopic (exact) mass is 351 g/mol.